The van der Waals surface area contributed by atoms with Crippen molar-refractivity contribution in [2.45, 2.75) is 65.1 Å². The molecule has 0 amide bonds. The van der Waals surface area contributed by atoms with Crippen LogP contribution in [0.25, 0.3) is 0 Å². The van der Waals surface area contributed by atoms with Crippen LogP contribution in [0, 0.1) is 5.41 Å². The molecule has 2 atom stereocenters. The number of ether oxygens (including phenoxy) is 2. The van der Waals surface area contributed by atoms with Crippen molar-refractivity contribution in [2.75, 3.05) is 7.11 Å². The molecule has 2 unspecified atom stereocenters. The predicted octanol–water partition coefficient (Wildman–Crippen LogP) is 2.92. The van der Waals surface area contributed by atoms with Crippen LogP contribution in [0.5, 0.6) is 0 Å². The van der Waals surface area contributed by atoms with E-state index in [0.717, 1.165) is 19.3 Å². The lowest BCUT2D eigenvalue weighted by Crippen LogP contribution is -2.36. The zero-order valence-corrected chi connectivity index (χ0v) is 10.9. The van der Waals surface area contributed by atoms with Crippen LogP contribution in [-0.2, 0) is 14.3 Å². The van der Waals surface area contributed by atoms with Crippen molar-refractivity contribution in [2.24, 2.45) is 5.41 Å². The lowest BCUT2D eigenvalue weighted by atomic mass is 9.92. The Morgan fingerprint density at radius 1 is 1.19 bits per heavy atom. The third kappa shape index (κ3) is 4.52. The molecule has 3 heteroatoms. The molecule has 0 radical (unpaired) electrons. The van der Waals surface area contributed by atoms with Gasteiger partial charge >= 0.3 is 5.97 Å². The Morgan fingerprint density at radius 2 is 1.75 bits per heavy atom. The van der Waals surface area contributed by atoms with Gasteiger partial charge in [0.05, 0.1) is 12.5 Å². The summed E-state index contributed by atoms with van der Waals surface area (Å²) in [5.41, 5.74) is -0.00564. The van der Waals surface area contributed by atoms with E-state index in [0.29, 0.717) is 6.42 Å². The number of carbonyl (C=O) groups is 1. The molecule has 0 aromatic rings. The normalized spacial score (nSPS) is 26.5. The van der Waals surface area contributed by atoms with E-state index in [4.69, 9.17) is 9.47 Å². The van der Waals surface area contributed by atoms with Gasteiger partial charge in [-0.3, -0.25) is 4.79 Å². The predicted molar refractivity (Wildman–Crippen MR) is 63.2 cm³/mol. The van der Waals surface area contributed by atoms with E-state index in [-0.39, 0.29) is 23.6 Å². The minimum absolute atomic E-state index is 0.00564. The van der Waals surface area contributed by atoms with E-state index >= 15 is 0 Å². The van der Waals surface area contributed by atoms with Crippen molar-refractivity contribution in [1.82, 2.24) is 0 Å². The third-order valence-electron chi connectivity index (χ3n) is 2.90. The Hall–Kier alpha value is -0.570. The Labute approximate surface area is 98.5 Å². The summed E-state index contributed by atoms with van der Waals surface area (Å²) in [5.74, 6) is -0.0959. The second kappa shape index (κ2) is 5.67. The Balaban J connectivity index is 2.42. The summed E-state index contributed by atoms with van der Waals surface area (Å²) >= 11 is 0. The van der Waals surface area contributed by atoms with Crippen LogP contribution in [-0.4, -0.2) is 25.3 Å². The lowest BCUT2D eigenvalue weighted by Gasteiger charge is -2.30. The van der Waals surface area contributed by atoms with Gasteiger partial charge < -0.3 is 9.47 Å². The second-order valence-electron chi connectivity index (χ2n) is 5.82. The van der Waals surface area contributed by atoms with Gasteiger partial charge in [-0.15, -0.1) is 0 Å². The van der Waals surface area contributed by atoms with Gasteiger partial charge in [0, 0.05) is 7.11 Å². The Kier molecular flexibility index (Phi) is 4.78. The summed E-state index contributed by atoms with van der Waals surface area (Å²) in [5, 5.41) is 0. The minimum Gasteiger partial charge on any atom is -0.460 e. The molecule has 0 spiro atoms. The molecule has 0 bridgehead atoms. The Morgan fingerprint density at radius 3 is 2.25 bits per heavy atom. The molecule has 0 aromatic heterocycles. The van der Waals surface area contributed by atoms with Crippen molar-refractivity contribution < 1.29 is 14.3 Å². The first kappa shape index (κ1) is 13.5. The maximum atomic E-state index is 11.7. The maximum Gasteiger partial charge on any atom is 0.306 e. The Bertz CT molecular complexity index is 230. The molecule has 1 fully saturated rings. The minimum atomic E-state index is -0.0959. The molecule has 1 saturated carbocycles. The number of methoxy groups -OCH3 is 1. The highest BCUT2D eigenvalue weighted by molar-refractivity contribution is 5.70. The topological polar surface area (TPSA) is 35.5 Å². The molecule has 3 nitrogen and oxygen atoms in total. The van der Waals surface area contributed by atoms with Crippen molar-refractivity contribution in [3.8, 4) is 0 Å². The zero-order valence-electron chi connectivity index (χ0n) is 10.9. The average Bonchev–Trinajstić information content (AvgIpc) is 2.15. The first-order valence-corrected chi connectivity index (χ1v) is 6.14. The van der Waals surface area contributed by atoms with Crippen LogP contribution in [0.15, 0.2) is 0 Å². The van der Waals surface area contributed by atoms with Gasteiger partial charge in [0.2, 0.25) is 0 Å². The maximum absolute atomic E-state index is 11.7. The van der Waals surface area contributed by atoms with Gasteiger partial charge in [-0.2, -0.15) is 0 Å². The summed E-state index contributed by atoms with van der Waals surface area (Å²) in [6.45, 7) is 6.13. The molecule has 0 saturated heterocycles. The van der Waals surface area contributed by atoms with Gasteiger partial charge in [-0.05, 0) is 24.7 Å². The van der Waals surface area contributed by atoms with E-state index in [1.807, 2.05) is 20.8 Å². The monoisotopic (exact) mass is 228 g/mol. The molecule has 0 aromatic carbocycles. The van der Waals surface area contributed by atoms with E-state index in [1.165, 1.54) is 6.42 Å². The second-order valence-corrected chi connectivity index (χ2v) is 5.82. The summed E-state index contributed by atoms with van der Waals surface area (Å²) in [6, 6.07) is 0. The van der Waals surface area contributed by atoms with Crippen molar-refractivity contribution in [1.29, 1.82) is 0 Å². The highest BCUT2D eigenvalue weighted by Crippen LogP contribution is 2.25. The number of carbonyl (C=O) groups excluding carboxylic acids is 1. The third-order valence-corrected chi connectivity index (χ3v) is 2.90. The molecule has 0 N–H and O–H groups in total. The van der Waals surface area contributed by atoms with E-state index in [1.54, 1.807) is 7.11 Å². The van der Waals surface area contributed by atoms with Gasteiger partial charge in [0.1, 0.15) is 6.10 Å². The highest BCUT2D eigenvalue weighted by Gasteiger charge is 2.29. The summed E-state index contributed by atoms with van der Waals surface area (Å²) in [6.07, 6.45) is 4.78. The van der Waals surface area contributed by atoms with Crippen LogP contribution in [0.1, 0.15) is 52.9 Å². The molecule has 0 heterocycles. The lowest BCUT2D eigenvalue weighted by molar-refractivity contribution is -0.161. The SMILES string of the molecule is COC1CCCCC1OC(=O)CC(C)(C)C. The van der Waals surface area contributed by atoms with E-state index < -0.39 is 0 Å². The van der Waals surface area contributed by atoms with Crippen LogP contribution in [0.4, 0.5) is 0 Å². The van der Waals surface area contributed by atoms with Gasteiger partial charge in [-0.25, -0.2) is 0 Å². The fourth-order valence-corrected chi connectivity index (χ4v) is 2.11. The molecule has 16 heavy (non-hydrogen) atoms. The standard InChI is InChI=1S/C13H24O3/c1-13(2,3)9-12(14)16-11-8-6-5-7-10(11)15-4/h10-11H,5-9H2,1-4H3. The van der Waals surface area contributed by atoms with Crippen LogP contribution >= 0.6 is 0 Å². The number of esters is 1. The molecule has 1 rings (SSSR count). The van der Waals surface area contributed by atoms with Crippen LogP contribution in [0.3, 0.4) is 0 Å². The van der Waals surface area contributed by atoms with Crippen LogP contribution < -0.4 is 0 Å². The highest BCUT2D eigenvalue weighted by atomic mass is 16.6. The van der Waals surface area contributed by atoms with Crippen LogP contribution in [0.2, 0.25) is 0 Å². The van der Waals surface area contributed by atoms with Crippen molar-refractivity contribution in [3.05, 3.63) is 0 Å². The van der Waals surface area contributed by atoms with E-state index in [2.05, 4.69) is 0 Å². The first-order valence-electron chi connectivity index (χ1n) is 6.14. The largest absolute Gasteiger partial charge is 0.460 e. The molecule has 94 valence electrons. The fraction of sp³-hybridized carbons (Fsp3) is 0.923. The summed E-state index contributed by atoms with van der Waals surface area (Å²) < 4.78 is 10.9. The van der Waals surface area contributed by atoms with Crippen molar-refractivity contribution >= 4 is 5.97 Å². The smallest absolute Gasteiger partial charge is 0.306 e. The molecular formula is C13H24O3. The number of rotatable bonds is 3. The van der Waals surface area contributed by atoms with Gasteiger partial charge in [-0.1, -0.05) is 27.2 Å². The molecule has 0 aliphatic heterocycles. The van der Waals surface area contributed by atoms with E-state index in [9.17, 15) is 4.79 Å². The average molecular weight is 228 g/mol. The summed E-state index contributed by atoms with van der Waals surface area (Å²) in [7, 11) is 1.70. The number of hydrogen-bond acceptors (Lipinski definition) is 3. The van der Waals surface area contributed by atoms with Crippen molar-refractivity contribution in [3.63, 3.8) is 0 Å². The summed E-state index contributed by atoms with van der Waals surface area (Å²) in [4.78, 5) is 11.7. The van der Waals surface area contributed by atoms with Gasteiger partial charge in [0.25, 0.3) is 0 Å². The van der Waals surface area contributed by atoms with Gasteiger partial charge in [0.15, 0.2) is 0 Å². The zero-order chi connectivity index (χ0) is 12.2. The fourth-order valence-electron chi connectivity index (χ4n) is 2.11. The quantitative estimate of drug-likeness (QED) is 0.697. The molecule has 1 aliphatic carbocycles. The molecule has 1 aliphatic rings. The first-order chi connectivity index (χ1) is 7.42. The molecular weight excluding hydrogens is 204 g/mol. The number of hydrogen-bond donors (Lipinski definition) is 0.